The predicted molar refractivity (Wildman–Crippen MR) is 82.7 cm³/mol. The lowest BCUT2D eigenvalue weighted by molar-refractivity contribution is -0.384. The van der Waals surface area contributed by atoms with Gasteiger partial charge < -0.3 is 10.1 Å². The van der Waals surface area contributed by atoms with Crippen LogP contribution in [0, 0.1) is 10.1 Å². The number of hydrogen-bond donors (Lipinski definition) is 1. The molecule has 0 spiro atoms. The Balaban J connectivity index is 2.24. The smallest absolute Gasteiger partial charge is 0.292 e. The van der Waals surface area contributed by atoms with Gasteiger partial charge in [-0.1, -0.05) is 31.2 Å². The topological polar surface area (TPSA) is 64.4 Å². The molecule has 0 saturated carbocycles. The Morgan fingerprint density at radius 2 is 1.86 bits per heavy atom. The molecule has 1 atom stereocenters. The van der Waals surface area contributed by atoms with E-state index in [1.165, 1.54) is 6.07 Å². The summed E-state index contributed by atoms with van der Waals surface area (Å²) in [5, 5.41) is 14.3. The molecule has 0 aliphatic heterocycles. The van der Waals surface area contributed by atoms with E-state index in [9.17, 15) is 10.1 Å². The number of benzene rings is 2. The lowest BCUT2D eigenvalue weighted by atomic mass is 10.0. The predicted octanol–water partition coefficient (Wildman–Crippen LogP) is 4.17. The van der Waals surface area contributed by atoms with Crippen LogP contribution in [0.2, 0.25) is 0 Å². The number of para-hydroxylation sites is 2. The third-order valence-electron chi connectivity index (χ3n) is 3.36. The van der Waals surface area contributed by atoms with Gasteiger partial charge in [-0.2, -0.15) is 0 Å². The standard InChI is InChI=1S/C16H18N2O3/c1-3-14(12-8-10-13(21-2)11-9-12)17-15-6-4-5-7-16(15)18(19)20/h4-11,14,17H,3H2,1-2H3. The molecule has 0 fully saturated rings. The van der Waals surface area contributed by atoms with Crippen LogP contribution in [0.5, 0.6) is 5.75 Å². The van der Waals surface area contributed by atoms with E-state index in [2.05, 4.69) is 5.32 Å². The third-order valence-corrected chi connectivity index (χ3v) is 3.36. The van der Waals surface area contributed by atoms with Crippen LogP contribution in [-0.4, -0.2) is 12.0 Å². The van der Waals surface area contributed by atoms with Crippen molar-refractivity contribution in [3.63, 3.8) is 0 Å². The van der Waals surface area contributed by atoms with Crippen molar-refractivity contribution in [1.82, 2.24) is 0 Å². The number of nitro benzene ring substituents is 1. The van der Waals surface area contributed by atoms with Crippen LogP contribution in [0.1, 0.15) is 24.9 Å². The number of ether oxygens (including phenoxy) is 1. The summed E-state index contributed by atoms with van der Waals surface area (Å²) in [5.74, 6) is 0.791. The average molecular weight is 286 g/mol. The Morgan fingerprint density at radius 3 is 2.43 bits per heavy atom. The highest BCUT2D eigenvalue weighted by Crippen LogP contribution is 2.29. The number of nitrogens with one attached hydrogen (secondary N) is 1. The van der Waals surface area contributed by atoms with Crippen LogP contribution in [0.15, 0.2) is 48.5 Å². The highest BCUT2D eigenvalue weighted by Gasteiger charge is 2.16. The van der Waals surface area contributed by atoms with Crippen molar-refractivity contribution < 1.29 is 9.66 Å². The molecular weight excluding hydrogens is 268 g/mol. The Morgan fingerprint density at radius 1 is 1.19 bits per heavy atom. The average Bonchev–Trinajstić information content (AvgIpc) is 2.53. The second kappa shape index (κ2) is 6.74. The molecule has 2 aromatic rings. The Hall–Kier alpha value is -2.56. The van der Waals surface area contributed by atoms with Crippen LogP contribution < -0.4 is 10.1 Å². The van der Waals surface area contributed by atoms with Gasteiger partial charge in [0.25, 0.3) is 5.69 Å². The van der Waals surface area contributed by atoms with E-state index in [0.29, 0.717) is 5.69 Å². The molecule has 0 saturated heterocycles. The molecule has 2 rings (SSSR count). The van der Waals surface area contributed by atoms with Crippen molar-refractivity contribution in [2.24, 2.45) is 0 Å². The minimum atomic E-state index is -0.372. The SMILES string of the molecule is CCC(Nc1ccccc1[N+](=O)[O-])c1ccc(OC)cc1. The molecule has 2 aromatic carbocycles. The molecule has 110 valence electrons. The van der Waals surface area contributed by atoms with Crippen LogP contribution in [0.25, 0.3) is 0 Å². The lowest BCUT2D eigenvalue weighted by Crippen LogP contribution is -2.11. The van der Waals surface area contributed by atoms with E-state index in [0.717, 1.165) is 17.7 Å². The summed E-state index contributed by atoms with van der Waals surface area (Å²) in [5.41, 5.74) is 1.69. The first-order valence-corrected chi connectivity index (χ1v) is 6.79. The maximum absolute atomic E-state index is 11.1. The fraction of sp³-hybridized carbons (Fsp3) is 0.250. The molecule has 5 nitrogen and oxygen atoms in total. The van der Waals surface area contributed by atoms with E-state index >= 15 is 0 Å². The summed E-state index contributed by atoms with van der Waals surface area (Å²) in [7, 11) is 1.62. The van der Waals surface area contributed by atoms with Crippen molar-refractivity contribution in [2.45, 2.75) is 19.4 Å². The molecule has 0 heterocycles. The lowest BCUT2D eigenvalue weighted by Gasteiger charge is -2.19. The molecule has 0 radical (unpaired) electrons. The monoisotopic (exact) mass is 286 g/mol. The fourth-order valence-electron chi connectivity index (χ4n) is 2.20. The largest absolute Gasteiger partial charge is 0.497 e. The van der Waals surface area contributed by atoms with Gasteiger partial charge in [0.2, 0.25) is 0 Å². The molecule has 0 amide bonds. The summed E-state index contributed by atoms with van der Waals surface area (Å²) in [4.78, 5) is 10.7. The molecule has 1 N–H and O–H groups in total. The zero-order chi connectivity index (χ0) is 15.2. The van der Waals surface area contributed by atoms with Gasteiger partial charge in [-0.25, -0.2) is 0 Å². The van der Waals surface area contributed by atoms with Crippen LogP contribution in [0.3, 0.4) is 0 Å². The first-order valence-electron chi connectivity index (χ1n) is 6.79. The Kier molecular flexibility index (Phi) is 4.77. The molecule has 5 heteroatoms. The summed E-state index contributed by atoms with van der Waals surface area (Å²) >= 11 is 0. The van der Waals surface area contributed by atoms with Crippen LogP contribution in [0.4, 0.5) is 11.4 Å². The molecule has 21 heavy (non-hydrogen) atoms. The van der Waals surface area contributed by atoms with Crippen molar-refractivity contribution in [3.8, 4) is 5.75 Å². The number of anilines is 1. The van der Waals surface area contributed by atoms with Crippen molar-refractivity contribution in [2.75, 3.05) is 12.4 Å². The van der Waals surface area contributed by atoms with E-state index in [1.807, 2.05) is 31.2 Å². The van der Waals surface area contributed by atoms with Gasteiger partial charge in [0.1, 0.15) is 11.4 Å². The highest BCUT2D eigenvalue weighted by molar-refractivity contribution is 5.62. The van der Waals surface area contributed by atoms with E-state index in [1.54, 1.807) is 25.3 Å². The van der Waals surface area contributed by atoms with Crippen LogP contribution >= 0.6 is 0 Å². The van der Waals surface area contributed by atoms with E-state index in [4.69, 9.17) is 4.74 Å². The fourth-order valence-corrected chi connectivity index (χ4v) is 2.20. The van der Waals surface area contributed by atoms with Gasteiger partial charge in [-0.3, -0.25) is 10.1 Å². The first-order chi connectivity index (χ1) is 10.2. The zero-order valence-electron chi connectivity index (χ0n) is 12.1. The molecule has 0 aromatic heterocycles. The zero-order valence-corrected chi connectivity index (χ0v) is 12.1. The van der Waals surface area contributed by atoms with Crippen molar-refractivity contribution >= 4 is 11.4 Å². The summed E-state index contributed by atoms with van der Waals surface area (Å²) in [6.45, 7) is 2.04. The second-order valence-electron chi connectivity index (χ2n) is 4.65. The number of hydrogen-bond acceptors (Lipinski definition) is 4. The summed E-state index contributed by atoms with van der Waals surface area (Å²) < 4.78 is 5.14. The minimum Gasteiger partial charge on any atom is -0.497 e. The second-order valence-corrected chi connectivity index (χ2v) is 4.65. The van der Waals surface area contributed by atoms with Crippen molar-refractivity contribution in [1.29, 1.82) is 0 Å². The molecule has 0 aliphatic carbocycles. The van der Waals surface area contributed by atoms with Gasteiger partial charge in [-0.05, 0) is 30.2 Å². The van der Waals surface area contributed by atoms with E-state index < -0.39 is 0 Å². The number of methoxy groups -OCH3 is 1. The maximum atomic E-state index is 11.1. The summed E-state index contributed by atoms with van der Waals surface area (Å²) in [6, 6.07) is 14.4. The van der Waals surface area contributed by atoms with Gasteiger partial charge in [-0.15, -0.1) is 0 Å². The number of nitrogens with zero attached hydrogens (tertiary/aromatic N) is 1. The highest BCUT2D eigenvalue weighted by atomic mass is 16.6. The minimum absolute atomic E-state index is 0.0111. The van der Waals surface area contributed by atoms with E-state index in [-0.39, 0.29) is 16.7 Å². The Bertz CT molecular complexity index is 611. The number of rotatable bonds is 6. The van der Waals surface area contributed by atoms with Crippen molar-refractivity contribution in [3.05, 3.63) is 64.2 Å². The summed E-state index contributed by atoms with van der Waals surface area (Å²) in [6.07, 6.45) is 0.818. The third kappa shape index (κ3) is 3.51. The first kappa shape index (κ1) is 14.8. The maximum Gasteiger partial charge on any atom is 0.292 e. The Labute approximate surface area is 123 Å². The van der Waals surface area contributed by atoms with Gasteiger partial charge in [0.15, 0.2) is 0 Å². The van der Waals surface area contributed by atoms with Gasteiger partial charge >= 0.3 is 0 Å². The van der Waals surface area contributed by atoms with Gasteiger partial charge in [0, 0.05) is 6.07 Å². The molecular formula is C16H18N2O3. The van der Waals surface area contributed by atoms with Crippen LogP contribution in [-0.2, 0) is 0 Å². The molecule has 0 bridgehead atoms. The molecule has 1 unspecified atom stereocenters. The molecule has 0 aliphatic rings. The van der Waals surface area contributed by atoms with Gasteiger partial charge in [0.05, 0.1) is 18.1 Å². The quantitative estimate of drug-likeness (QED) is 0.639. The number of nitro groups is 1. The normalized spacial score (nSPS) is 11.7.